The molecule has 0 unspecified atom stereocenters. The number of nitrogens with zero attached hydrogens (tertiary/aromatic N) is 5. The van der Waals surface area contributed by atoms with Crippen molar-refractivity contribution < 1.29 is 9.59 Å². The third-order valence-electron chi connectivity index (χ3n) is 9.44. The van der Waals surface area contributed by atoms with Gasteiger partial charge in [0.1, 0.15) is 5.69 Å². The second kappa shape index (κ2) is 13.9. The fourth-order valence-corrected chi connectivity index (χ4v) is 6.32. The van der Waals surface area contributed by atoms with Gasteiger partial charge in [0.05, 0.1) is 17.1 Å². The van der Waals surface area contributed by atoms with E-state index >= 15 is 0 Å². The molecule has 1 aliphatic carbocycles. The fourth-order valence-electron chi connectivity index (χ4n) is 6.32. The van der Waals surface area contributed by atoms with E-state index < -0.39 is 0 Å². The molecule has 1 aromatic heterocycles. The normalized spacial score (nSPS) is 15.4. The van der Waals surface area contributed by atoms with Crippen molar-refractivity contribution in [1.82, 2.24) is 19.6 Å². The molecule has 3 aromatic carbocycles. The molecule has 4 aromatic rings. The van der Waals surface area contributed by atoms with Crippen LogP contribution in [0, 0.1) is 5.92 Å². The molecule has 3 N–H and O–H groups in total. The molecule has 1 saturated heterocycles. The topological polar surface area (TPSA) is 99.7 Å². The molecule has 48 heavy (non-hydrogen) atoms. The zero-order valence-electron chi connectivity index (χ0n) is 29.0. The van der Waals surface area contributed by atoms with Gasteiger partial charge in [0.2, 0.25) is 5.91 Å². The molecular formula is C39H49N7O2. The van der Waals surface area contributed by atoms with Crippen LogP contribution in [0.3, 0.4) is 0 Å². The molecule has 2 aliphatic rings. The number of carbonyl (C=O) groups is 2. The Morgan fingerprint density at radius 2 is 1.50 bits per heavy atom. The van der Waals surface area contributed by atoms with Gasteiger partial charge < -0.3 is 25.8 Å². The van der Waals surface area contributed by atoms with Crippen molar-refractivity contribution in [2.75, 3.05) is 43.4 Å². The monoisotopic (exact) mass is 647 g/mol. The number of amides is 2. The predicted octanol–water partition coefficient (Wildman–Crippen LogP) is 5.79. The van der Waals surface area contributed by atoms with Gasteiger partial charge in [0.25, 0.3) is 5.91 Å². The zero-order chi connectivity index (χ0) is 34.0. The first kappa shape index (κ1) is 33.4. The van der Waals surface area contributed by atoms with Gasteiger partial charge in [0.15, 0.2) is 0 Å². The molecule has 9 heteroatoms. The molecule has 2 amide bonds. The minimum atomic E-state index is -0.185. The lowest BCUT2D eigenvalue weighted by molar-refractivity contribution is -0.133. The van der Waals surface area contributed by atoms with Crippen molar-refractivity contribution in [2.45, 2.75) is 58.7 Å². The molecule has 0 spiro atoms. The van der Waals surface area contributed by atoms with Gasteiger partial charge in [-0.3, -0.25) is 14.3 Å². The highest BCUT2D eigenvalue weighted by Gasteiger charge is 2.33. The summed E-state index contributed by atoms with van der Waals surface area (Å²) in [6.45, 7) is 11.5. The number of benzene rings is 3. The third kappa shape index (κ3) is 7.80. The van der Waals surface area contributed by atoms with Crippen molar-refractivity contribution in [3.8, 4) is 11.1 Å². The Morgan fingerprint density at radius 3 is 2.15 bits per heavy atom. The van der Waals surface area contributed by atoms with Gasteiger partial charge in [-0.05, 0) is 72.0 Å². The van der Waals surface area contributed by atoms with Crippen molar-refractivity contribution in [3.05, 3.63) is 101 Å². The van der Waals surface area contributed by atoms with E-state index in [0.29, 0.717) is 25.3 Å². The van der Waals surface area contributed by atoms with Crippen molar-refractivity contribution in [3.63, 3.8) is 0 Å². The number of nitrogens with two attached hydrogens (primary N) is 1. The van der Waals surface area contributed by atoms with E-state index in [1.807, 2.05) is 30.1 Å². The number of anilines is 2. The van der Waals surface area contributed by atoms with Crippen LogP contribution in [0.4, 0.5) is 11.4 Å². The quantitative estimate of drug-likeness (QED) is 0.226. The minimum Gasteiger partial charge on any atom is -0.367 e. The van der Waals surface area contributed by atoms with E-state index in [1.165, 1.54) is 0 Å². The summed E-state index contributed by atoms with van der Waals surface area (Å²) in [5, 5.41) is 7.88. The van der Waals surface area contributed by atoms with Crippen LogP contribution in [-0.4, -0.2) is 64.6 Å². The maximum absolute atomic E-state index is 13.8. The molecule has 0 atom stereocenters. The molecule has 6 rings (SSSR count). The lowest BCUT2D eigenvalue weighted by atomic mass is 9.92. The molecule has 9 nitrogen and oxygen atoms in total. The molecule has 2 heterocycles. The van der Waals surface area contributed by atoms with E-state index in [0.717, 1.165) is 83.9 Å². The molecule has 0 radical (unpaired) electrons. The summed E-state index contributed by atoms with van der Waals surface area (Å²) in [7, 11) is 3.96. The van der Waals surface area contributed by atoms with Gasteiger partial charge in [-0.15, -0.1) is 0 Å². The first-order chi connectivity index (χ1) is 23.0. The molecule has 252 valence electrons. The van der Waals surface area contributed by atoms with Gasteiger partial charge in [0, 0.05) is 64.2 Å². The van der Waals surface area contributed by atoms with Crippen molar-refractivity contribution in [2.24, 2.45) is 18.7 Å². The van der Waals surface area contributed by atoms with Crippen LogP contribution < -0.4 is 16.0 Å². The number of aryl methyl sites for hydroxylation is 1. The van der Waals surface area contributed by atoms with E-state index in [-0.39, 0.29) is 23.1 Å². The molecule has 1 saturated carbocycles. The Morgan fingerprint density at radius 1 is 0.854 bits per heavy atom. The van der Waals surface area contributed by atoms with Gasteiger partial charge >= 0.3 is 0 Å². The largest absolute Gasteiger partial charge is 0.367 e. The van der Waals surface area contributed by atoms with E-state index in [4.69, 9.17) is 5.73 Å². The van der Waals surface area contributed by atoms with Crippen LogP contribution >= 0.6 is 0 Å². The first-order valence-corrected chi connectivity index (χ1v) is 17.1. The Labute approximate surface area is 284 Å². The van der Waals surface area contributed by atoms with Crippen LogP contribution in [0.15, 0.2) is 72.8 Å². The minimum absolute atomic E-state index is 0.123. The standard InChI is InChI=1S/C39H49N7O2/c1-39(2,3)36-23-35(44(5)42-36)37(47)41-33-22-32(14-15-34(33)45-18-16-43(4)17-19-45)31-11-7-10-29(21-31)26-46(38(48)30-12-13-30)25-28-9-6-8-27(20-28)24-40/h6-11,14-15,20-23,30H,12-13,16-19,24-26,40H2,1-5H3,(H,41,47). The highest BCUT2D eigenvalue weighted by atomic mass is 16.2. The number of hydrogen-bond donors (Lipinski definition) is 2. The maximum Gasteiger partial charge on any atom is 0.273 e. The van der Waals surface area contributed by atoms with E-state index in [1.54, 1.807) is 4.68 Å². The molecule has 1 aliphatic heterocycles. The number of aromatic nitrogens is 2. The number of carbonyl (C=O) groups excluding carboxylic acids is 2. The van der Waals surface area contributed by atoms with E-state index in [2.05, 4.69) is 103 Å². The fraction of sp³-hybridized carbons (Fsp3) is 0.410. The summed E-state index contributed by atoms with van der Waals surface area (Å²) >= 11 is 0. The first-order valence-electron chi connectivity index (χ1n) is 17.1. The number of rotatable bonds is 10. The average Bonchev–Trinajstić information content (AvgIpc) is 3.84. The maximum atomic E-state index is 13.8. The highest BCUT2D eigenvalue weighted by molar-refractivity contribution is 6.05. The predicted molar refractivity (Wildman–Crippen MR) is 193 cm³/mol. The zero-order valence-corrected chi connectivity index (χ0v) is 29.0. The van der Waals surface area contributed by atoms with Crippen LogP contribution in [-0.2, 0) is 36.9 Å². The SMILES string of the molecule is CN1CCN(c2ccc(-c3cccc(CN(Cc4cccc(CN)c4)C(=O)C4CC4)c3)cc2NC(=O)c2cc(C(C)(C)C)nn2C)CC1. The molecule has 2 fully saturated rings. The lowest BCUT2D eigenvalue weighted by Crippen LogP contribution is -2.44. The third-order valence-corrected chi connectivity index (χ3v) is 9.44. The summed E-state index contributed by atoms with van der Waals surface area (Å²) in [5.41, 5.74) is 14.2. The summed E-state index contributed by atoms with van der Waals surface area (Å²) in [5.74, 6) is 0.151. The average molecular weight is 648 g/mol. The van der Waals surface area contributed by atoms with Crippen LogP contribution in [0.1, 0.15) is 66.5 Å². The lowest BCUT2D eigenvalue weighted by Gasteiger charge is -2.35. The summed E-state index contributed by atoms with van der Waals surface area (Å²) in [4.78, 5) is 33.8. The Kier molecular flexibility index (Phi) is 9.71. The second-order valence-corrected chi connectivity index (χ2v) is 14.5. The summed E-state index contributed by atoms with van der Waals surface area (Å²) in [6, 6.07) is 24.8. The number of likely N-dealkylation sites (N-methyl/N-ethyl adjacent to an activating group) is 1. The Bertz CT molecular complexity index is 1780. The Hall–Kier alpha value is -4.47. The second-order valence-electron chi connectivity index (χ2n) is 14.5. The number of piperazine rings is 1. The Balaban J connectivity index is 1.29. The summed E-state index contributed by atoms with van der Waals surface area (Å²) in [6.07, 6.45) is 1.92. The molecule has 0 bridgehead atoms. The van der Waals surface area contributed by atoms with Gasteiger partial charge in [-0.25, -0.2) is 0 Å². The number of nitrogens with one attached hydrogen (secondary N) is 1. The van der Waals surface area contributed by atoms with Gasteiger partial charge in [-0.2, -0.15) is 5.10 Å². The molecular weight excluding hydrogens is 598 g/mol. The van der Waals surface area contributed by atoms with E-state index in [9.17, 15) is 9.59 Å². The number of hydrogen-bond acceptors (Lipinski definition) is 6. The van der Waals surface area contributed by atoms with Crippen molar-refractivity contribution >= 4 is 23.2 Å². The van der Waals surface area contributed by atoms with Crippen LogP contribution in [0.5, 0.6) is 0 Å². The van der Waals surface area contributed by atoms with Gasteiger partial charge in [-0.1, -0.05) is 69.3 Å². The van der Waals surface area contributed by atoms with Crippen LogP contribution in [0.2, 0.25) is 0 Å². The smallest absolute Gasteiger partial charge is 0.273 e. The highest BCUT2D eigenvalue weighted by Crippen LogP contribution is 2.35. The summed E-state index contributed by atoms with van der Waals surface area (Å²) < 4.78 is 1.67. The van der Waals surface area contributed by atoms with Crippen molar-refractivity contribution in [1.29, 1.82) is 0 Å². The van der Waals surface area contributed by atoms with Crippen LogP contribution in [0.25, 0.3) is 11.1 Å².